The predicted molar refractivity (Wildman–Crippen MR) is 85.2 cm³/mol. The van der Waals surface area contributed by atoms with Gasteiger partial charge in [-0.3, -0.25) is 0 Å². The smallest absolute Gasteiger partial charge is 0.205 e. The number of aromatic nitrogens is 2. The molecule has 1 aliphatic rings. The van der Waals surface area contributed by atoms with Crippen molar-refractivity contribution in [1.29, 1.82) is 0 Å². The van der Waals surface area contributed by atoms with E-state index in [1.165, 1.54) is 0 Å². The Bertz CT molecular complexity index is 715. The Morgan fingerprint density at radius 2 is 1.82 bits per heavy atom. The maximum Gasteiger partial charge on any atom is 0.205 e. The van der Waals surface area contributed by atoms with Crippen LogP contribution in [0.5, 0.6) is 17.2 Å². The minimum absolute atomic E-state index is 0.542. The molecule has 0 N–H and O–H groups in total. The van der Waals surface area contributed by atoms with Gasteiger partial charge in [0.25, 0.3) is 0 Å². The number of rotatable bonds is 4. The number of nitrogens with zero attached hydrogens (tertiary/aromatic N) is 3. The molecule has 22 heavy (non-hydrogen) atoms. The Kier molecular flexibility index (Phi) is 4.00. The van der Waals surface area contributed by atoms with Crippen LogP contribution < -0.4 is 19.1 Å². The van der Waals surface area contributed by atoms with Crippen LogP contribution in [0.1, 0.15) is 6.42 Å². The summed E-state index contributed by atoms with van der Waals surface area (Å²) in [5.74, 6) is 2.60. The molecule has 3 rings (SSSR count). The van der Waals surface area contributed by atoms with Crippen LogP contribution in [0.15, 0.2) is 24.5 Å². The number of anilines is 1. The van der Waals surface area contributed by atoms with Gasteiger partial charge in [-0.05, 0) is 12.5 Å². The van der Waals surface area contributed by atoms with Crippen LogP contribution in [0.2, 0.25) is 0 Å². The molecule has 6 heteroatoms. The molecule has 0 saturated heterocycles. The number of benzene rings is 1. The van der Waals surface area contributed by atoms with Gasteiger partial charge < -0.3 is 19.1 Å². The third-order valence-electron chi connectivity index (χ3n) is 3.77. The summed E-state index contributed by atoms with van der Waals surface area (Å²) in [4.78, 5) is 11.1. The van der Waals surface area contributed by atoms with Gasteiger partial charge in [-0.25, -0.2) is 9.97 Å². The van der Waals surface area contributed by atoms with Crippen molar-refractivity contribution in [3.05, 3.63) is 24.5 Å². The first-order chi connectivity index (χ1) is 10.8. The molecule has 0 bridgehead atoms. The van der Waals surface area contributed by atoms with E-state index in [9.17, 15) is 0 Å². The summed E-state index contributed by atoms with van der Waals surface area (Å²) in [7, 11) is 4.79. The van der Waals surface area contributed by atoms with Gasteiger partial charge in [0.15, 0.2) is 11.5 Å². The average molecular weight is 301 g/mol. The molecule has 0 spiro atoms. The fraction of sp³-hybridized carbons (Fsp3) is 0.375. The van der Waals surface area contributed by atoms with Gasteiger partial charge in [0.1, 0.15) is 17.7 Å². The number of fused-ring (bicyclic) bond motifs is 1. The van der Waals surface area contributed by atoms with E-state index in [0.717, 1.165) is 36.2 Å². The van der Waals surface area contributed by atoms with E-state index in [-0.39, 0.29) is 0 Å². The fourth-order valence-electron chi connectivity index (χ4n) is 2.74. The zero-order valence-electron chi connectivity index (χ0n) is 13.0. The zero-order chi connectivity index (χ0) is 15.5. The molecule has 0 saturated carbocycles. The Hall–Kier alpha value is -2.50. The van der Waals surface area contributed by atoms with Crippen molar-refractivity contribution in [3.8, 4) is 17.2 Å². The van der Waals surface area contributed by atoms with Crippen LogP contribution in [0.4, 0.5) is 5.82 Å². The summed E-state index contributed by atoms with van der Waals surface area (Å²) in [6.07, 6.45) is 6.90. The highest BCUT2D eigenvalue weighted by Crippen LogP contribution is 2.44. The molecule has 0 radical (unpaired) electrons. The molecule has 0 atom stereocenters. The van der Waals surface area contributed by atoms with Gasteiger partial charge in [-0.15, -0.1) is 0 Å². The van der Waals surface area contributed by atoms with Crippen LogP contribution in [0, 0.1) is 0 Å². The van der Waals surface area contributed by atoms with Crippen molar-refractivity contribution in [2.45, 2.75) is 6.42 Å². The lowest BCUT2D eigenvalue weighted by atomic mass is 10.1. The first kappa shape index (κ1) is 14.4. The van der Waals surface area contributed by atoms with E-state index in [1.807, 2.05) is 6.07 Å². The molecule has 0 fully saturated rings. The Morgan fingerprint density at radius 1 is 1.00 bits per heavy atom. The van der Waals surface area contributed by atoms with Gasteiger partial charge in [-0.2, -0.15) is 0 Å². The minimum Gasteiger partial charge on any atom is -0.493 e. The van der Waals surface area contributed by atoms with Gasteiger partial charge in [0, 0.05) is 13.1 Å². The van der Waals surface area contributed by atoms with Crippen molar-refractivity contribution >= 4 is 16.7 Å². The highest BCUT2D eigenvalue weighted by molar-refractivity contribution is 5.97. The molecule has 0 unspecified atom stereocenters. The molecule has 2 aromatic rings. The van der Waals surface area contributed by atoms with Crippen molar-refractivity contribution < 1.29 is 14.2 Å². The van der Waals surface area contributed by atoms with E-state index in [0.29, 0.717) is 17.2 Å². The van der Waals surface area contributed by atoms with Crippen LogP contribution in [-0.2, 0) is 0 Å². The second kappa shape index (κ2) is 6.09. The molecule has 2 heterocycles. The molecular formula is C16H19N3O3. The lowest BCUT2D eigenvalue weighted by Crippen LogP contribution is -2.27. The van der Waals surface area contributed by atoms with Crippen LogP contribution in [0.25, 0.3) is 10.9 Å². The van der Waals surface area contributed by atoms with Crippen molar-refractivity contribution in [2.75, 3.05) is 39.3 Å². The van der Waals surface area contributed by atoms with E-state index >= 15 is 0 Å². The quantitative estimate of drug-likeness (QED) is 0.808. The maximum atomic E-state index is 5.51. The molecular weight excluding hydrogens is 282 g/mol. The molecule has 6 nitrogen and oxygen atoms in total. The maximum absolute atomic E-state index is 5.51. The molecule has 1 aromatic carbocycles. The second-order valence-electron chi connectivity index (χ2n) is 4.94. The topological polar surface area (TPSA) is 56.7 Å². The Labute approximate surface area is 129 Å². The summed E-state index contributed by atoms with van der Waals surface area (Å²) < 4.78 is 16.4. The van der Waals surface area contributed by atoms with Crippen LogP contribution in [0.3, 0.4) is 0 Å². The fourth-order valence-corrected chi connectivity index (χ4v) is 2.74. The third-order valence-corrected chi connectivity index (χ3v) is 3.77. The van der Waals surface area contributed by atoms with Crippen LogP contribution in [-0.4, -0.2) is 44.4 Å². The van der Waals surface area contributed by atoms with E-state index in [1.54, 1.807) is 27.7 Å². The Morgan fingerprint density at radius 3 is 2.45 bits per heavy atom. The van der Waals surface area contributed by atoms with E-state index in [2.05, 4.69) is 27.0 Å². The monoisotopic (exact) mass is 301 g/mol. The first-order valence-electron chi connectivity index (χ1n) is 7.13. The number of methoxy groups -OCH3 is 3. The highest BCUT2D eigenvalue weighted by Gasteiger charge is 2.21. The SMILES string of the molecule is COc1cc2c(N3CC=CCC3)ncnc2c(OC)c1OC. The Balaban J connectivity index is 2.25. The molecule has 1 aliphatic heterocycles. The average Bonchev–Trinajstić information content (AvgIpc) is 2.60. The van der Waals surface area contributed by atoms with Gasteiger partial charge in [-0.1, -0.05) is 12.2 Å². The van der Waals surface area contributed by atoms with Crippen LogP contribution >= 0.6 is 0 Å². The summed E-state index contributed by atoms with van der Waals surface area (Å²) in [6.45, 7) is 1.77. The predicted octanol–water partition coefficient (Wildman–Crippen LogP) is 2.42. The summed E-state index contributed by atoms with van der Waals surface area (Å²) in [6, 6.07) is 1.91. The summed E-state index contributed by atoms with van der Waals surface area (Å²) in [5.41, 5.74) is 0.722. The largest absolute Gasteiger partial charge is 0.493 e. The molecule has 1 aromatic heterocycles. The molecule has 116 valence electrons. The van der Waals surface area contributed by atoms with Crippen molar-refractivity contribution in [3.63, 3.8) is 0 Å². The van der Waals surface area contributed by atoms with Crippen molar-refractivity contribution in [2.24, 2.45) is 0 Å². The third kappa shape index (κ3) is 2.30. The highest BCUT2D eigenvalue weighted by atomic mass is 16.5. The zero-order valence-corrected chi connectivity index (χ0v) is 13.0. The summed E-state index contributed by atoms with van der Waals surface area (Å²) in [5, 5.41) is 0.896. The molecule has 0 amide bonds. The normalized spacial score (nSPS) is 14.2. The van der Waals surface area contributed by atoms with E-state index in [4.69, 9.17) is 14.2 Å². The van der Waals surface area contributed by atoms with E-state index < -0.39 is 0 Å². The lowest BCUT2D eigenvalue weighted by molar-refractivity contribution is 0.327. The van der Waals surface area contributed by atoms with Gasteiger partial charge in [0.05, 0.1) is 26.7 Å². The second-order valence-corrected chi connectivity index (χ2v) is 4.94. The minimum atomic E-state index is 0.542. The standard InChI is InChI=1S/C16H19N3O3/c1-20-12-9-11-13(15(22-3)14(12)21-2)17-10-18-16(11)19-7-5-4-6-8-19/h4-5,9-10H,6-8H2,1-3H3. The number of hydrogen-bond acceptors (Lipinski definition) is 6. The molecule has 0 aliphatic carbocycles. The van der Waals surface area contributed by atoms with Gasteiger partial charge in [0.2, 0.25) is 5.75 Å². The van der Waals surface area contributed by atoms with Crippen molar-refractivity contribution in [1.82, 2.24) is 9.97 Å². The lowest BCUT2D eigenvalue weighted by Gasteiger charge is -2.26. The number of ether oxygens (including phenoxy) is 3. The van der Waals surface area contributed by atoms with Gasteiger partial charge >= 0.3 is 0 Å². The number of hydrogen-bond donors (Lipinski definition) is 0. The summed E-state index contributed by atoms with van der Waals surface area (Å²) >= 11 is 0. The first-order valence-corrected chi connectivity index (χ1v) is 7.13.